The van der Waals surface area contributed by atoms with Crippen LogP contribution in [0.15, 0.2) is 12.3 Å². The number of aromatic nitrogens is 1. The highest BCUT2D eigenvalue weighted by Crippen LogP contribution is 2.23. The van der Waals surface area contributed by atoms with Crippen molar-refractivity contribution in [1.29, 1.82) is 0 Å². The molecule has 1 aromatic heterocycles. The van der Waals surface area contributed by atoms with E-state index in [2.05, 4.69) is 10.3 Å². The van der Waals surface area contributed by atoms with Gasteiger partial charge in [-0.25, -0.2) is 4.98 Å². The van der Waals surface area contributed by atoms with Crippen LogP contribution >= 0.6 is 0 Å². The molecule has 0 saturated carbocycles. The largest absolute Gasteiger partial charge is 0.390 e. The van der Waals surface area contributed by atoms with E-state index in [4.69, 9.17) is 5.73 Å². The summed E-state index contributed by atoms with van der Waals surface area (Å²) >= 11 is 0. The lowest BCUT2D eigenvalue weighted by molar-refractivity contribution is 0.0143. The van der Waals surface area contributed by atoms with Crippen LogP contribution in [0.5, 0.6) is 0 Å². The zero-order valence-electron chi connectivity index (χ0n) is 9.64. The summed E-state index contributed by atoms with van der Waals surface area (Å²) in [6.07, 6.45) is 0.274. The highest BCUT2D eigenvalue weighted by atomic mass is 16.3. The molecule has 2 unspecified atom stereocenters. The van der Waals surface area contributed by atoms with Crippen LogP contribution in [0, 0.1) is 6.92 Å². The molecule has 0 aliphatic rings. The second-order valence-electron chi connectivity index (χ2n) is 3.89. The molecule has 0 aromatic carbocycles. The number of aliphatic hydroxyl groups is 2. The van der Waals surface area contributed by atoms with Crippen molar-refractivity contribution in [3.8, 4) is 0 Å². The zero-order valence-corrected chi connectivity index (χ0v) is 9.64. The second kappa shape index (κ2) is 5.79. The molecule has 2 atom stereocenters. The van der Waals surface area contributed by atoms with Crippen molar-refractivity contribution >= 4 is 5.82 Å². The minimum atomic E-state index is -0.985. The van der Waals surface area contributed by atoms with E-state index < -0.39 is 12.2 Å². The summed E-state index contributed by atoms with van der Waals surface area (Å²) in [5, 5.41) is 22.6. The highest BCUT2D eigenvalue weighted by molar-refractivity contribution is 5.42. The van der Waals surface area contributed by atoms with Gasteiger partial charge in [-0.2, -0.15) is 0 Å². The molecule has 0 bridgehead atoms. The Morgan fingerprint density at radius 1 is 1.50 bits per heavy atom. The summed E-state index contributed by atoms with van der Waals surface area (Å²) in [7, 11) is 1.79. The van der Waals surface area contributed by atoms with Crippen LogP contribution in [-0.4, -0.2) is 34.9 Å². The Balaban J connectivity index is 2.78. The van der Waals surface area contributed by atoms with E-state index in [1.54, 1.807) is 19.3 Å². The minimum Gasteiger partial charge on any atom is -0.390 e. The van der Waals surface area contributed by atoms with Crippen molar-refractivity contribution in [2.24, 2.45) is 0 Å². The summed E-state index contributed by atoms with van der Waals surface area (Å²) in [5.41, 5.74) is 7.05. The molecule has 0 radical (unpaired) electrons. The average molecular weight is 225 g/mol. The number of hydrogen-bond donors (Lipinski definition) is 4. The van der Waals surface area contributed by atoms with E-state index in [1.807, 2.05) is 6.92 Å². The second-order valence-corrected chi connectivity index (χ2v) is 3.89. The first-order valence-electron chi connectivity index (χ1n) is 5.29. The lowest BCUT2D eigenvalue weighted by Crippen LogP contribution is -2.24. The summed E-state index contributed by atoms with van der Waals surface area (Å²) in [6.45, 7) is 2.50. The molecule has 1 rings (SSSR count). The normalized spacial score (nSPS) is 14.8. The van der Waals surface area contributed by atoms with E-state index >= 15 is 0 Å². The van der Waals surface area contributed by atoms with Crippen molar-refractivity contribution in [2.45, 2.75) is 25.6 Å². The van der Waals surface area contributed by atoms with Crippen molar-refractivity contribution in [3.63, 3.8) is 0 Å². The number of aryl methyl sites for hydroxylation is 1. The van der Waals surface area contributed by atoms with Gasteiger partial charge in [-0.05, 0) is 38.6 Å². The molecule has 90 valence electrons. The standard InChI is InChI=1S/C11H19N3O2/c1-7-5-8(11(12)14-6-7)10(16)9(15)3-4-13-2/h5-6,9-10,13,15-16H,3-4H2,1-2H3,(H2,12,14). The SMILES string of the molecule is CNCCC(O)C(O)c1cc(C)cnc1N. The number of anilines is 1. The van der Waals surface area contributed by atoms with Gasteiger partial charge in [0.05, 0.1) is 6.10 Å². The van der Waals surface area contributed by atoms with Gasteiger partial charge in [0.2, 0.25) is 0 Å². The number of rotatable bonds is 5. The molecule has 5 nitrogen and oxygen atoms in total. The molecule has 1 aromatic rings. The minimum absolute atomic E-state index is 0.265. The molecule has 0 aliphatic carbocycles. The van der Waals surface area contributed by atoms with Gasteiger partial charge in [-0.1, -0.05) is 0 Å². The summed E-state index contributed by atoms with van der Waals surface area (Å²) in [4.78, 5) is 3.95. The lowest BCUT2D eigenvalue weighted by Gasteiger charge is -2.19. The van der Waals surface area contributed by atoms with Gasteiger partial charge in [-0.15, -0.1) is 0 Å². The highest BCUT2D eigenvalue weighted by Gasteiger charge is 2.20. The van der Waals surface area contributed by atoms with Crippen molar-refractivity contribution in [1.82, 2.24) is 10.3 Å². The molecular formula is C11H19N3O2. The smallest absolute Gasteiger partial charge is 0.129 e. The number of nitrogens with one attached hydrogen (secondary N) is 1. The quantitative estimate of drug-likeness (QED) is 0.565. The molecule has 5 heteroatoms. The van der Waals surface area contributed by atoms with Crippen molar-refractivity contribution < 1.29 is 10.2 Å². The summed E-state index contributed by atoms with van der Waals surface area (Å²) in [6, 6.07) is 1.75. The third-order valence-corrected chi connectivity index (χ3v) is 2.46. The Kier molecular flexibility index (Phi) is 4.67. The topological polar surface area (TPSA) is 91.4 Å². The number of pyridine rings is 1. The Bertz CT molecular complexity index is 344. The molecule has 1 heterocycles. The van der Waals surface area contributed by atoms with Crippen LogP contribution in [0.4, 0.5) is 5.82 Å². The van der Waals surface area contributed by atoms with Crippen molar-refractivity contribution in [3.05, 3.63) is 23.4 Å². The molecule has 0 amide bonds. The van der Waals surface area contributed by atoms with Crippen LogP contribution in [0.1, 0.15) is 23.7 Å². The molecule has 16 heavy (non-hydrogen) atoms. The maximum absolute atomic E-state index is 9.92. The van der Waals surface area contributed by atoms with Crippen molar-refractivity contribution in [2.75, 3.05) is 19.3 Å². The van der Waals surface area contributed by atoms with E-state index in [0.29, 0.717) is 18.5 Å². The van der Waals surface area contributed by atoms with Gasteiger partial charge in [0.1, 0.15) is 11.9 Å². The molecule has 0 spiro atoms. The van der Waals surface area contributed by atoms with Crippen LogP contribution < -0.4 is 11.1 Å². The predicted octanol–water partition coefficient (Wildman–Crippen LogP) is -0.0240. The third kappa shape index (κ3) is 3.16. The van der Waals surface area contributed by atoms with Gasteiger partial charge in [0, 0.05) is 11.8 Å². The molecule has 5 N–H and O–H groups in total. The Labute approximate surface area is 95.3 Å². The number of hydrogen-bond acceptors (Lipinski definition) is 5. The van der Waals surface area contributed by atoms with E-state index in [0.717, 1.165) is 5.56 Å². The van der Waals surface area contributed by atoms with Gasteiger partial charge in [0.15, 0.2) is 0 Å². The van der Waals surface area contributed by atoms with Gasteiger partial charge in [-0.3, -0.25) is 0 Å². The fourth-order valence-corrected chi connectivity index (χ4v) is 1.50. The lowest BCUT2D eigenvalue weighted by atomic mass is 10.0. The third-order valence-electron chi connectivity index (χ3n) is 2.46. The monoisotopic (exact) mass is 225 g/mol. The molecule has 0 fully saturated rings. The van der Waals surface area contributed by atoms with Crippen LogP contribution in [-0.2, 0) is 0 Å². The summed E-state index contributed by atoms with van der Waals surface area (Å²) < 4.78 is 0. The Morgan fingerprint density at radius 3 is 2.81 bits per heavy atom. The van der Waals surface area contributed by atoms with Crippen LogP contribution in [0.2, 0.25) is 0 Å². The Hall–Kier alpha value is -1.17. The molecule has 0 aliphatic heterocycles. The first-order valence-corrected chi connectivity index (χ1v) is 5.29. The van der Waals surface area contributed by atoms with Crippen LogP contribution in [0.25, 0.3) is 0 Å². The molecule has 0 saturated heterocycles. The maximum Gasteiger partial charge on any atom is 0.129 e. The van der Waals surface area contributed by atoms with Gasteiger partial charge in [0.25, 0.3) is 0 Å². The van der Waals surface area contributed by atoms with E-state index in [9.17, 15) is 10.2 Å². The zero-order chi connectivity index (χ0) is 12.1. The van der Waals surface area contributed by atoms with Crippen LogP contribution in [0.3, 0.4) is 0 Å². The number of aliphatic hydroxyl groups excluding tert-OH is 2. The van der Waals surface area contributed by atoms with E-state index in [-0.39, 0.29) is 5.82 Å². The first kappa shape index (κ1) is 12.9. The maximum atomic E-state index is 9.92. The summed E-state index contributed by atoms with van der Waals surface area (Å²) in [5.74, 6) is 0.265. The fourth-order valence-electron chi connectivity index (χ4n) is 1.50. The number of nitrogens with zero attached hydrogens (tertiary/aromatic N) is 1. The predicted molar refractivity (Wildman–Crippen MR) is 62.9 cm³/mol. The number of nitrogen functional groups attached to an aromatic ring is 1. The fraction of sp³-hybridized carbons (Fsp3) is 0.545. The van der Waals surface area contributed by atoms with Gasteiger partial charge < -0.3 is 21.3 Å². The molecular weight excluding hydrogens is 206 g/mol. The Morgan fingerprint density at radius 2 is 2.19 bits per heavy atom. The van der Waals surface area contributed by atoms with E-state index in [1.165, 1.54) is 0 Å². The number of nitrogens with two attached hydrogens (primary N) is 1. The van der Waals surface area contributed by atoms with Gasteiger partial charge >= 0.3 is 0 Å². The first-order chi connectivity index (χ1) is 7.56. The average Bonchev–Trinajstić information content (AvgIpc) is 2.28.